The summed E-state index contributed by atoms with van der Waals surface area (Å²) in [6.07, 6.45) is 2.42. The molecule has 1 radical (unpaired) electrons. The lowest BCUT2D eigenvalue weighted by Crippen LogP contribution is -2.16. The maximum absolute atomic E-state index is 3.85. The molecule has 0 atom stereocenters. The molecule has 0 aliphatic heterocycles. The van der Waals surface area contributed by atoms with Crippen LogP contribution in [0.15, 0.2) is 0 Å². The van der Waals surface area contributed by atoms with Crippen molar-refractivity contribution in [3.63, 3.8) is 0 Å². The molecule has 0 saturated heterocycles. The van der Waals surface area contributed by atoms with E-state index < -0.39 is 0 Å². The molecule has 8 heavy (non-hydrogen) atoms. The van der Waals surface area contributed by atoms with Crippen molar-refractivity contribution in [2.45, 2.75) is 26.7 Å². The van der Waals surface area contributed by atoms with Crippen molar-refractivity contribution in [2.24, 2.45) is 0 Å². The van der Waals surface area contributed by atoms with Gasteiger partial charge in [-0.1, -0.05) is 13.8 Å². The highest BCUT2D eigenvalue weighted by molar-refractivity contribution is 4.50. The molecule has 1 nitrogen and oxygen atoms in total. The Balaban J connectivity index is 2.92. The molecule has 0 heterocycles. The predicted molar refractivity (Wildman–Crippen MR) is 37.5 cm³/mol. The maximum atomic E-state index is 3.85. The van der Waals surface area contributed by atoms with Crippen molar-refractivity contribution < 1.29 is 0 Å². The third-order valence-electron chi connectivity index (χ3n) is 1.08. The van der Waals surface area contributed by atoms with Crippen molar-refractivity contribution in [3.8, 4) is 0 Å². The second kappa shape index (κ2) is 5.10. The lowest BCUT2D eigenvalue weighted by molar-refractivity contribution is 0.370. The summed E-state index contributed by atoms with van der Waals surface area (Å²) in [5, 5.41) is 0. The first kappa shape index (κ1) is 7.96. The first-order valence-electron chi connectivity index (χ1n) is 3.36. The topological polar surface area (TPSA) is 3.24 Å². The van der Waals surface area contributed by atoms with Gasteiger partial charge in [0.1, 0.15) is 0 Å². The normalized spacial score (nSPS) is 10.5. The molecule has 0 aliphatic rings. The number of hydrogen-bond donors (Lipinski definition) is 0. The summed E-state index contributed by atoms with van der Waals surface area (Å²) in [5.41, 5.74) is 0. The molecule has 0 aromatic rings. The van der Waals surface area contributed by atoms with Gasteiger partial charge >= 0.3 is 0 Å². The molecule has 0 N–H and O–H groups in total. The van der Waals surface area contributed by atoms with Crippen LogP contribution in [0.5, 0.6) is 0 Å². The van der Waals surface area contributed by atoms with E-state index in [1.807, 2.05) is 0 Å². The van der Waals surface area contributed by atoms with Crippen LogP contribution in [0.4, 0.5) is 0 Å². The van der Waals surface area contributed by atoms with E-state index >= 15 is 0 Å². The summed E-state index contributed by atoms with van der Waals surface area (Å²) in [7, 11) is 3.85. The Bertz CT molecular complexity index is 37.7. The van der Waals surface area contributed by atoms with E-state index in [1.165, 1.54) is 12.8 Å². The Morgan fingerprint density at radius 1 is 1.12 bits per heavy atom. The van der Waals surface area contributed by atoms with Gasteiger partial charge in [-0.05, 0) is 25.9 Å². The standard InChI is InChI=1S/C7H16N/c1-4-6-8(3)7-5-2/h3-7H2,1-2H3. The molecule has 1 heteroatoms. The molecule has 0 unspecified atom stereocenters. The molecule has 0 aromatic carbocycles. The number of rotatable bonds is 4. The highest BCUT2D eigenvalue weighted by atomic mass is 15.1. The van der Waals surface area contributed by atoms with Crippen LogP contribution in [-0.4, -0.2) is 18.0 Å². The summed E-state index contributed by atoms with van der Waals surface area (Å²) in [6.45, 7) is 6.61. The zero-order chi connectivity index (χ0) is 6.41. The molecule has 0 saturated carbocycles. The van der Waals surface area contributed by atoms with Gasteiger partial charge in [0, 0.05) is 7.05 Å². The molecule has 0 aliphatic carbocycles. The van der Waals surface area contributed by atoms with E-state index in [9.17, 15) is 0 Å². The van der Waals surface area contributed by atoms with Crippen LogP contribution in [0.25, 0.3) is 0 Å². The van der Waals surface area contributed by atoms with Crippen LogP contribution < -0.4 is 0 Å². The van der Waals surface area contributed by atoms with Crippen LogP contribution in [0.2, 0.25) is 0 Å². The minimum Gasteiger partial charge on any atom is -0.302 e. The molecule has 0 bridgehead atoms. The van der Waals surface area contributed by atoms with E-state index in [4.69, 9.17) is 0 Å². The van der Waals surface area contributed by atoms with Crippen LogP contribution >= 0.6 is 0 Å². The number of hydrogen-bond acceptors (Lipinski definition) is 1. The average molecular weight is 114 g/mol. The minimum absolute atomic E-state index is 1.13. The van der Waals surface area contributed by atoms with Crippen molar-refractivity contribution >= 4 is 0 Å². The molecule has 49 valence electrons. The zero-order valence-electron chi connectivity index (χ0n) is 5.98. The van der Waals surface area contributed by atoms with Crippen molar-refractivity contribution in [3.05, 3.63) is 7.05 Å². The van der Waals surface area contributed by atoms with Gasteiger partial charge in [0.25, 0.3) is 0 Å². The second-order valence-electron chi connectivity index (χ2n) is 2.12. The third kappa shape index (κ3) is 4.13. The summed E-state index contributed by atoms with van der Waals surface area (Å²) in [6, 6.07) is 0. The lowest BCUT2D eigenvalue weighted by Gasteiger charge is -2.12. The van der Waals surface area contributed by atoms with E-state index in [2.05, 4.69) is 25.8 Å². The quantitative estimate of drug-likeness (QED) is 0.539. The zero-order valence-corrected chi connectivity index (χ0v) is 5.98. The number of nitrogens with zero attached hydrogens (tertiary/aromatic N) is 1. The highest BCUT2D eigenvalue weighted by Gasteiger charge is 1.90. The Kier molecular flexibility index (Phi) is 5.08. The van der Waals surface area contributed by atoms with Gasteiger partial charge in [0.2, 0.25) is 0 Å². The van der Waals surface area contributed by atoms with Gasteiger partial charge in [0.15, 0.2) is 0 Å². The Hall–Kier alpha value is -0.0400. The van der Waals surface area contributed by atoms with Gasteiger partial charge in [-0.3, -0.25) is 0 Å². The lowest BCUT2D eigenvalue weighted by atomic mass is 10.4. The highest BCUT2D eigenvalue weighted by Crippen LogP contribution is 1.88. The van der Waals surface area contributed by atoms with Crippen molar-refractivity contribution in [1.29, 1.82) is 0 Å². The van der Waals surface area contributed by atoms with Gasteiger partial charge in [0.05, 0.1) is 0 Å². The Morgan fingerprint density at radius 3 is 1.75 bits per heavy atom. The summed E-state index contributed by atoms with van der Waals surface area (Å²) >= 11 is 0. The van der Waals surface area contributed by atoms with Gasteiger partial charge in [-0.2, -0.15) is 0 Å². The third-order valence-corrected chi connectivity index (χ3v) is 1.08. The smallest absolute Gasteiger partial charge is 0.0109 e. The van der Waals surface area contributed by atoms with Gasteiger partial charge in [-0.15, -0.1) is 0 Å². The van der Waals surface area contributed by atoms with Crippen molar-refractivity contribution in [2.75, 3.05) is 13.1 Å². The van der Waals surface area contributed by atoms with Gasteiger partial charge < -0.3 is 4.90 Å². The average Bonchev–Trinajstić information content (AvgIpc) is 1.68. The molecule has 0 aromatic heterocycles. The predicted octanol–water partition coefficient (Wildman–Crippen LogP) is 1.90. The largest absolute Gasteiger partial charge is 0.302 e. The van der Waals surface area contributed by atoms with Crippen molar-refractivity contribution in [1.82, 2.24) is 4.90 Å². The van der Waals surface area contributed by atoms with E-state index in [0.29, 0.717) is 0 Å². The van der Waals surface area contributed by atoms with Crippen LogP contribution in [-0.2, 0) is 0 Å². The fourth-order valence-electron chi connectivity index (χ4n) is 0.744. The van der Waals surface area contributed by atoms with Gasteiger partial charge in [-0.25, -0.2) is 0 Å². The van der Waals surface area contributed by atoms with E-state index in [-0.39, 0.29) is 0 Å². The molecular weight excluding hydrogens is 98.1 g/mol. The Morgan fingerprint density at radius 2 is 1.50 bits per heavy atom. The van der Waals surface area contributed by atoms with Crippen LogP contribution in [0, 0.1) is 7.05 Å². The summed E-state index contributed by atoms with van der Waals surface area (Å²) < 4.78 is 0. The molecule has 0 amide bonds. The first-order chi connectivity index (χ1) is 3.81. The fourth-order valence-corrected chi connectivity index (χ4v) is 0.744. The molecular formula is C7H16N. The maximum Gasteiger partial charge on any atom is 0.0109 e. The molecule has 0 fully saturated rings. The first-order valence-corrected chi connectivity index (χ1v) is 3.36. The second-order valence-corrected chi connectivity index (χ2v) is 2.12. The SMILES string of the molecule is [CH2]N(CCC)CCC. The Labute approximate surface area is 52.7 Å². The molecule has 0 spiro atoms. The summed E-state index contributed by atoms with van der Waals surface area (Å²) in [4.78, 5) is 2.11. The summed E-state index contributed by atoms with van der Waals surface area (Å²) in [5.74, 6) is 0. The molecule has 0 rings (SSSR count). The minimum atomic E-state index is 1.13. The van der Waals surface area contributed by atoms with Crippen LogP contribution in [0.3, 0.4) is 0 Å². The fraction of sp³-hybridized carbons (Fsp3) is 0.857. The van der Waals surface area contributed by atoms with Crippen LogP contribution in [0.1, 0.15) is 26.7 Å². The van der Waals surface area contributed by atoms with E-state index in [1.54, 1.807) is 0 Å². The van der Waals surface area contributed by atoms with E-state index in [0.717, 1.165) is 13.1 Å². The monoisotopic (exact) mass is 114 g/mol.